The number of nitrogens with zero attached hydrogens (tertiary/aromatic N) is 2. The van der Waals surface area contributed by atoms with Crippen molar-refractivity contribution in [2.24, 2.45) is 5.92 Å². The number of rotatable bonds is 7. The van der Waals surface area contributed by atoms with Crippen LogP contribution in [0.4, 0.5) is 4.79 Å². The Balaban J connectivity index is 2.16. The first-order valence-corrected chi connectivity index (χ1v) is 9.53. The molecule has 0 spiro atoms. The standard InChI is InChI=1S/C21H28N4O3/c1-6-7-15-8-10-16(11-9-15)21(5)18(27)25(19(28)24-21)12-17(26)23-20(4,13-22)14(2)3/h8-11,14H,6-7,12H2,1-5H3,(H,23,26)(H,24,28)/t20-,21-/m1/s1. The van der Waals surface area contributed by atoms with Crippen molar-refractivity contribution in [1.82, 2.24) is 15.5 Å². The summed E-state index contributed by atoms with van der Waals surface area (Å²) >= 11 is 0. The number of hydrogen-bond donors (Lipinski definition) is 2. The van der Waals surface area contributed by atoms with Gasteiger partial charge in [-0.2, -0.15) is 5.26 Å². The van der Waals surface area contributed by atoms with Gasteiger partial charge in [0.25, 0.3) is 5.91 Å². The van der Waals surface area contributed by atoms with Gasteiger partial charge in [0.2, 0.25) is 5.91 Å². The van der Waals surface area contributed by atoms with E-state index in [1.54, 1.807) is 13.8 Å². The number of hydrogen-bond acceptors (Lipinski definition) is 4. The van der Waals surface area contributed by atoms with E-state index in [2.05, 4.69) is 23.6 Å². The van der Waals surface area contributed by atoms with Crippen LogP contribution in [0.1, 0.15) is 52.2 Å². The fourth-order valence-corrected chi connectivity index (χ4v) is 3.10. The van der Waals surface area contributed by atoms with Crippen LogP contribution in [0.25, 0.3) is 0 Å². The highest BCUT2D eigenvalue weighted by Gasteiger charge is 2.49. The van der Waals surface area contributed by atoms with E-state index < -0.39 is 35.5 Å². The molecule has 1 aromatic rings. The number of carbonyl (C=O) groups is 3. The molecule has 2 atom stereocenters. The van der Waals surface area contributed by atoms with Crippen LogP contribution in [0.5, 0.6) is 0 Å². The molecule has 0 unspecified atom stereocenters. The Morgan fingerprint density at radius 2 is 1.93 bits per heavy atom. The summed E-state index contributed by atoms with van der Waals surface area (Å²) < 4.78 is 0. The summed E-state index contributed by atoms with van der Waals surface area (Å²) in [6, 6.07) is 9.01. The molecule has 2 N–H and O–H groups in total. The Bertz CT molecular complexity index is 812. The average Bonchev–Trinajstić information content (AvgIpc) is 2.86. The third-order valence-corrected chi connectivity index (χ3v) is 5.43. The number of nitriles is 1. The van der Waals surface area contributed by atoms with Gasteiger partial charge in [0.05, 0.1) is 6.07 Å². The minimum Gasteiger partial charge on any atom is -0.336 e. The monoisotopic (exact) mass is 384 g/mol. The number of amides is 4. The van der Waals surface area contributed by atoms with Crippen molar-refractivity contribution in [1.29, 1.82) is 5.26 Å². The van der Waals surface area contributed by atoms with E-state index in [9.17, 15) is 19.6 Å². The van der Waals surface area contributed by atoms with Gasteiger partial charge < -0.3 is 10.6 Å². The molecule has 0 bridgehead atoms. The van der Waals surface area contributed by atoms with E-state index >= 15 is 0 Å². The maximum absolute atomic E-state index is 13.0. The molecule has 2 rings (SSSR count). The second-order valence-electron chi connectivity index (χ2n) is 7.91. The summed E-state index contributed by atoms with van der Waals surface area (Å²) in [5.74, 6) is -1.17. The highest BCUT2D eigenvalue weighted by atomic mass is 16.2. The molecule has 0 radical (unpaired) electrons. The molecule has 1 fully saturated rings. The predicted octanol–water partition coefficient (Wildman–Crippen LogP) is 2.46. The zero-order chi connectivity index (χ0) is 21.1. The number of carbonyl (C=O) groups excluding carboxylic acids is 3. The number of nitrogens with one attached hydrogen (secondary N) is 2. The van der Waals surface area contributed by atoms with Crippen molar-refractivity contribution in [3.05, 3.63) is 35.4 Å². The molecular formula is C21H28N4O3. The zero-order valence-electron chi connectivity index (χ0n) is 17.1. The van der Waals surface area contributed by atoms with Crippen molar-refractivity contribution in [3.63, 3.8) is 0 Å². The van der Waals surface area contributed by atoms with E-state index in [-0.39, 0.29) is 5.92 Å². The van der Waals surface area contributed by atoms with Crippen LogP contribution in [-0.2, 0) is 21.5 Å². The van der Waals surface area contributed by atoms with Crippen molar-refractivity contribution in [2.45, 2.75) is 58.5 Å². The zero-order valence-corrected chi connectivity index (χ0v) is 17.1. The number of urea groups is 1. The summed E-state index contributed by atoms with van der Waals surface area (Å²) in [5, 5.41) is 14.7. The van der Waals surface area contributed by atoms with Crippen LogP contribution in [0.15, 0.2) is 24.3 Å². The Labute approximate surface area is 166 Å². The minimum absolute atomic E-state index is 0.128. The van der Waals surface area contributed by atoms with E-state index in [1.807, 2.05) is 38.1 Å². The molecule has 7 heteroatoms. The average molecular weight is 384 g/mol. The van der Waals surface area contributed by atoms with Crippen LogP contribution >= 0.6 is 0 Å². The van der Waals surface area contributed by atoms with Crippen LogP contribution in [0.2, 0.25) is 0 Å². The minimum atomic E-state index is -1.22. The summed E-state index contributed by atoms with van der Waals surface area (Å²) in [4.78, 5) is 38.6. The van der Waals surface area contributed by atoms with Gasteiger partial charge in [-0.1, -0.05) is 51.5 Å². The highest BCUT2D eigenvalue weighted by Crippen LogP contribution is 2.29. The highest BCUT2D eigenvalue weighted by molar-refractivity contribution is 6.09. The molecular weight excluding hydrogens is 356 g/mol. The topological polar surface area (TPSA) is 102 Å². The maximum Gasteiger partial charge on any atom is 0.325 e. The van der Waals surface area contributed by atoms with Crippen LogP contribution < -0.4 is 10.6 Å². The fraction of sp³-hybridized carbons (Fsp3) is 0.524. The van der Waals surface area contributed by atoms with Crippen molar-refractivity contribution < 1.29 is 14.4 Å². The first kappa shape index (κ1) is 21.4. The summed E-state index contributed by atoms with van der Waals surface area (Å²) in [7, 11) is 0. The quantitative estimate of drug-likeness (QED) is 0.705. The first-order valence-electron chi connectivity index (χ1n) is 9.53. The molecule has 1 aromatic carbocycles. The van der Waals surface area contributed by atoms with Gasteiger partial charge in [0, 0.05) is 0 Å². The predicted molar refractivity (Wildman–Crippen MR) is 105 cm³/mol. The third-order valence-electron chi connectivity index (χ3n) is 5.43. The second kappa shape index (κ2) is 8.01. The van der Waals surface area contributed by atoms with Crippen LogP contribution in [-0.4, -0.2) is 34.8 Å². The SMILES string of the molecule is CCCc1ccc([C@@]2(C)NC(=O)N(CC(=O)N[C@](C)(C#N)C(C)C)C2=O)cc1. The molecule has 0 aliphatic carbocycles. The molecule has 1 heterocycles. The van der Waals surface area contributed by atoms with E-state index in [4.69, 9.17) is 0 Å². The summed E-state index contributed by atoms with van der Waals surface area (Å²) in [6.45, 7) is 8.54. The van der Waals surface area contributed by atoms with Gasteiger partial charge in [-0.3, -0.25) is 14.5 Å². The van der Waals surface area contributed by atoms with Gasteiger partial charge in [0.1, 0.15) is 17.6 Å². The van der Waals surface area contributed by atoms with Gasteiger partial charge in [0.15, 0.2) is 0 Å². The molecule has 4 amide bonds. The smallest absolute Gasteiger partial charge is 0.325 e. The third kappa shape index (κ3) is 4.01. The molecule has 28 heavy (non-hydrogen) atoms. The Morgan fingerprint density at radius 3 is 2.43 bits per heavy atom. The fourth-order valence-electron chi connectivity index (χ4n) is 3.10. The van der Waals surface area contributed by atoms with Crippen LogP contribution in [0.3, 0.4) is 0 Å². The molecule has 1 aliphatic rings. The summed E-state index contributed by atoms with van der Waals surface area (Å²) in [5.41, 5.74) is -0.474. The first-order chi connectivity index (χ1) is 13.1. The molecule has 1 aliphatic heterocycles. The van der Waals surface area contributed by atoms with Gasteiger partial charge >= 0.3 is 6.03 Å². The Morgan fingerprint density at radius 1 is 1.32 bits per heavy atom. The molecule has 1 saturated heterocycles. The van der Waals surface area contributed by atoms with E-state index in [0.717, 1.165) is 23.3 Å². The number of benzene rings is 1. The van der Waals surface area contributed by atoms with Gasteiger partial charge in [-0.25, -0.2) is 4.79 Å². The molecule has 0 saturated carbocycles. The van der Waals surface area contributed by atoms with Crippen molar-refractivity contribution in [2.75, 3.05) is 6.54 Å². The van der Waals surface area contributed by atoms with E-state index in [1.165, 1.54) is 0 Å². The van der Waals surface area contributed by atoms with Gasteiger partial charge in [-0.15, -0.1) is 0 Å². The second-order valence-corrected chi connectivity index (χ2v) is 7.91. The number of imide groups is 1. The van der Waals surface area contributed by atoms with E-state index in [0.29, 0.717) is 5.56 Å². The molecule has 150 valence electrons. The Kier molecular flexibility index (Phi) is 6.13. The maximum atomic E-state index is 13.0. The van der Waals surface area contributed by atoms with Crippen molar-refractivity contribution >= 4 is 17.8 Å². The van der Waals surface area contributed by atoms with Crippen LogP contribution in [0, 0.1) is 17.2 Å². The Hall–Kier alpha value is -2.88. The lowest BCUT2D eigenvalue weighted by atomic mass is 9.90. The largest absolute Gasteiger partial charge is 0.336 e. The lowest BCUT2D eigenvalue weighted by Crippen LogP contribution is -2.52. The normalized spacial score (nSPS) is 21.2. The molecule has 7 nitrogen and oxygen atoms in total. The van der Waals surface area contributed by atoms with Crippen molar-refractivity contribution in [3.8, 4) is 6.07 Å². The van der Waals surface area contributed by atoms with Gasteiger partial charge in [-0.05, 0) is 37.3 Å². The molecule has 0 aromatic heterocycles. The lowest BCUT2D eigenvalue weighted by Gasteiger charge is -2.28. The lowest BCUT2D eigenvalue weighted by molar-refractivity contribution is -0.135. The summed E-state index contributed by atoms with van der Waals surface area (Å²) in [6.07, 6.45) is 1.96. The number of aryl methyl sites for hydroxylation is 1.